The van der Waals surface area contributed by atoms with Gasteiger partial charge in [0.25, 0.3) is 11.7 Å². The Balaban J connectivity index is 2.88. The molecule has 0 fully saturated rings. The number of hydrogen-bond acceptors (Lipinski definition) is 12. The van der Waals surface area contributed by atoms with Gasteiger partial charge in [0.2, 0.25) is 0 Å². The van der Waals surface area contributed by atoms with E-state index >= 15 is 0 Å². The van der Waals surface area contributed by atoms with E-state index in [1.165, 1.54) is 36.4 Å². The molecule has 0 aliphatic rings. The first kappa shape index (κ1) is 29.6. The Bertz CT molecular complexity index is 1040. The van der Waals surface area contributed by atoms with Crippen molar-refractivity contribution >= 4 is 35.3 Å². The van der Waals surface area contributed by atoms with Gasteiger partial charge < -0.3 is 41.4 Å². The molecule has 206 valence electrons. The number of benzene rings is 2. The molecule has 0 radical (unpaired) electrons. The van der Waals surface area contributed by atoms with Crippen LogP contribution in [0.2, 0.25) is 0 Å². The third-order valence-electron chi connectivity index (χ3n) is 4.81. The van der Waals surface area contributed by atoms with Gasteiger partial charge in [0.05, 0.1) is 37.6 Å². The lowest BCUT2D eigenvalue weighted by atomic mass is 10.1. The predicted octanol–water partition coefficient (Wildman–Crippen LogP) is -1.69. The standard InChI is InChI=1S/C22H28N6O10/c23-13-5-1-3-7-15(13)37-21(25-9-17(29)30,26-10-18(31)32)22(27-11-19(33)34,28-12-20(35)36)38-16-8-4-2-6-14(16)24/h1-8,25-28H,9-12,23-24H2,(H,29,30)(H,31,32)(H,33,34)(H,35,36). The summed E-state index contributed by atoms with van der Waals surface area (Å²) in [6.45, 7) is -3.67. The number of anilines is 2. The first-order valence-electron chi connectivity index (χ1n) is 10.8. The van der Waals surface area contributed by atoms with E-state index in [-0.39, 0.29) is 22.9 Å². The average molecular weight is 536 g/mol. The first-order valence-corrected chi connectivity index (χ1v) is 10.8. The monoisotopic (exact) mass is 536 g/mol. The number of aliphatic carboxylic acids is 4. The molecular formula is C22H28N6O10. The highest BCUT2D eigenvalue weighted by Crippen LogP contribution is 2.32. The number of rotatable bonds is 17. The van der Waals surface area contributed by atoms with E-state index in [2.05, 4.69) is 21.3 Å². The fourth-order valence-corrected chi connectivity index (χ4v) is 3.19. The van der Waals surface area contributed by atoms with Crippen molar-refractivity contribution in [3.05, 3.63) is 48.5 Å². The molecule has 2 rings (SSSR count). The molecule has 0 aliphatic heterocycles. The predicted molar refractivity (Wildman–Crippen MR) is 131 cm³/mol. The van der Waals surface area contributed by atoms with Crippen LogP contribution in [0.5, 0.6) is 11.5 Å². The van der Waals surface area contributed by atoms with Crippen LogP contribution >= 0.6 is 0 Å². The Morgan fingerprint density at radius 2 is 0.842 bits per heavy atom. The number of nitrogens with two attached hydrogens (primary N) is 2. The normalized spacial score (nSPS) is 11.5. The number of carboxylic acid groups (broad SMARTS) is 4. The maximum absolute atomic E-state index is 11.6. The van der Waals surface area contributed by atoms with Crippen LogP contribution in [-0.4, -0.2) is 82.2 Å². The van der Waals surface area contributed by atoms with Gasteiger partial charge in [-0.3, -0.25) is 19.2 Å². The van der Waals surface area contributed by atoms with Crippen LogP contribution < -0.4 is 42.2 Å². The summed E-state index contributed by atoms with van der Waals surface area (Å²) >= 11 is 0. The molecule has 16 heteroatoms. The summed E-state index contributed by atoms with van der Waals surface area (Å²) in [5, 5.41) is 47.6. The van der Waals surface area contributed by atoms with Crippen LogP contribution in [0.4, 0.5) is 11.4 Å². The van der Waals surface area contributed by atoms with Crippen molar-refractivity contribution in [1.29, 1.82) is 0 Å². The van der Waals surface area contributed by atoms with E-state index < -0.39 is 61.8 Å². The van der Waals surface area contributed by atoms with Crippen LogP contribution in [0, 0.1) is 0 Å². The zero-order chi connectivity index (χ0) is 28.3. The van der Waals surface area contributed by atoms with Gasteiger partial charge in [-0.1, -0.05) is 24.3 Å². The maximum atomic E-state index is 11.6. The molecule has 0 amide bonds. The summed E-state index contributed by atoms with van der Waals surface area (Å²) in [4.78, 5) is 46.4. The van der Waals surface area contributed by atoms with E-state index in [9.17, 15) is 39.6 Å². The van der Waals surface area contributed by atoms with E-state index in [1.54, 1.807) is 12.1 Å². The minimum atomic E-state index is -2.58. The number of nitrogen functional groups attached to an aromatic ring is 2. The Hall–Kier alpha value is -4.64. The van der Waals surface area contributed by atoms with Crippen molar-refractivity contribution in [2.45, 2.75) is 11.7 Å². The van der Waals surface area contributed by atoms with Gasteiger partial charge in [-0.25, -0.2) is 21.3 Å². The lowest BCUT2D eigenvalue weighted by Gasteiger charge is -2.49. The number of carboxylic acids is 4. The van der Waals surface area contributed by atoms with Crippen molar-refractivity contribution in [1.82, 2.24) is 21.3 Å². The van der Waals surface area contributed by atoms with Gasteiger partial charge in [-0.2, -0.15) is 0 Å². The number of hydrogen-bond donors (Lipinski definition) is 10. The van der Waals surface area contributed by atoms with Crippen molar-refractivity contribution in [2.75, 3.05) is 37.6 Å². The van der Waals surface area contributed by atoms with Crippen molar-refractivity contribution in [3.8, 4) is 11.5 Å². The third-order valence-corrected chi connectivity index (χ3v) is 4.81. The zero-order valence-corrected chi connectivity index (χ0v) is 19.8. The molecule has 2 aromatic carbocycles. The molecule has 0 bridgehead atoms. The summed E-state index contributed by atoms with van der Waals surface area (Å²) in [6.07, 6.45) is 0. The Kier molecular flexibility index (Phi) is 10.2. The summed E-state index contributed by atoms with van der Waals surface area (Å²) in [6, 6.07) is 11.6. The van der Waals surface area contributed by atoms with E-state index in [4.69, 9.17) is 20.9 Å². The van der Waals surface area contributed by atoms with Gasteiger partial charge in [0, 0.05) is 0 Å². The Morgan fingerprint density at radius 1 is 0.579 bits per heavy atom. The van der Waals surface area contributed by atoms with Gasteiger partial charge in [-0.05, 0) is 24.3 Å². The highest BCUT2D eigenvalue weighted by atomic mass is 16.6. The fraction of sp³-hybridized carbons (Fsp3) is 0.273. The molecule has 0 heterocycles. The second-order valence-electron chi connectivity index (χ2n) is 7.63. The molecule has 0 spiro atoms. The molecule has 16 nitrogen and oxygen atoms in total. The van der Waals surface area contributed by atoms with Gasteiger partial charge in [0.15, 0.2) is 0 Å². The number of nitrogens with one attached hydrogen (secondary N) is 4. The molecule has 0 atom stereocenters. The zero-order valence-electron chi connectivity index (χ0n) is 19.8. The van der Waals surface area contributed by atoms with Gasteiger partial charge >= 0.3 is 23.9 Å². The molecule has 0 unspecified atom stereocenters. The number of carbonyl (C=O) groups is 4. The minimum Gasteiger partial charge on any atom is -0.480 e. The average Bonchev–Trinajstić information content (AvgIpc) is 2.85. The van der Waals surface area contributed by atoms with Crippen molar-refractivity contribution in [3.63, 3.8) is 0 Å². The highest BCUT2D eigenvalue weighted by Gasteiger charge is 2.58. The molecule has 38 heavy (non-hydrogen) atoms. The second kappa shape index (κ2) is 13.1. The van der Waals surface area contributed by atoms with Crippen LogP contribution in [0.25, 0.3) is 0 Å². The first-order chi connectivity index (χ1) is 17.9. The third kappa shape index (κ3) is 7.93. The Labute approximate surface area is 215 Å². The fourth-order valence-electron chi connectivity index (χ4n) is 3.19. The lowest BCUT2D eigenvalue weighted by Crippen LogP contribution is -2.86. The Morgan fingerprint density at radius 3 is 1.08 bits per heavy atom. The summed E-state index contributed by atoms with van der Waals surface area (Å²) in [5.41, 5.74) is 12.0. The quantitative estimate of drug-likeness (QED) is 0.0798. The van der Waals surface area contributed by atoms with Crippen molar-refractivity contribution in [2.24, 2.45) is 0 Å². The topological polar surface area (TPSA) is 268 Å². The number of ether oxygens (including phenoxy) is 2. The van der Waals surface area contributed by atoms with Crippen molar-refractivity contribution < 1.29 is 49.1 Å². The van der Waals surface area contributed by atoms with Crippen LogP contribution in [0.15, 0.2) is 48.5 Å². The molecule has 0 aliphatic carbocycles. The molecule has 0 saturated carbocycles. The summed E-state index contributed by atoms with van der Waals surface area (Å²) < 4.78 is 12.1. The van der Waals surface area contributed by atoms with Crippen LogP contribution in [0.3, 0.4) is 0 Å². The maximum Gasteiger partial charge on any atom is 0.317 e. The van der Waals surface area contributed by atoms with Gasteiger partial charge in [-0.15, -0.1) is 0 Å². The lowest BCUT2D eigenvalue weighted by molar-refractivity contribution is -0.197. The minimum absolute atomic E-state index is 0.00993. The summed E-state index contributed by atoms with van der Waals surface area (Å²) in [7, 11) is 0. The second-order valence-corrected chi connectivity index (χ2v) is 7.63. The molecule has 0 saturated heterocycles. The molecule has 12 N–H and O–H groups in total. The number of para-hydroxylation sites is 4. The largest absolute Gasteiger partial charge is 0.480 e. The van der Waals surface area contributed by atoms with Crippen LogP contribution in [0.1, 0.15) is 0 Å². The molecule has 2 aromatic rings. The molecular weight excluding hydrogens is 508 g/mol. The van der Waals surface area contributed by atoms with E-state index in [1.807, 2.05) is 0 Å². The van der Waals surface area contributed by atoms with E-state index in [0.717, 1.165) is 0 Å². The molecule has 0 aromatic heterocycles. The van der Waals surface area contributed by atoms with E-state index in [0.29, 0.717) is 0 Å². The summed E-state index contributed by atoms with van der Waals surface area (Å²) in [5.74, 6) is -11.2. The highest BCUT2D eigenvalue weighted by molar-refractivity contribution is 5.71. The SMILES string of the molecule is Nc1ccccc1OC(NCC(=O)O)(NCC(=O)O)C(NCC(=O)O)(NCC(=O)O)Oc1ccccc1N. The van der Waals surface area contributed by atoms with Gasteiger partial charge in [0.1, 0.15) is 11.5 Å². The smallest absolute Gasteiger partial charge is 0.317 e. The van der Waals surface area contributed by atoms with Crippen LogP contribution in [-0.2, 0) is 19.2 Å².